The van der Waals surface area contributed by atoms with Crippen molar-refractivity contribution in [1.82, 2.24) is 19.6 Å². The van der Waals surface area contributed by atoms with E-state index in [-0.39, 0.29) is 49.5 Å². The number of hydrogen-bond donors (Lipinski definition) is 3. The molecule has 3 saturated heterocycles. The molecule has 4 amide bonds. The summed E-state index contributed by atoms with van der Waals surface area (Å²) >= 11 is 0. The maximum atomic E-state index is 14.3. The number of aliphatic hydroxyl groups excluding tert-OH is 2. The number of esters is 4. The van der Waals surface area contributed by atoms with E-state index in [2.05, 4.69) is 6.58 Å². The number of methoxy groups -OCH3 is 3. The molecule has 4 fully saturated rings. The third kappa shape index (κ3) is 22.1. The lowest BCUT2D eigenvalue weighted by Gasteiger charge is -2.47. The van der Waals surface area contributed by atoms with Crippen LogP contribution in [0.3, 0.4) is 0 Å². The second kappa shape index (κ2) is 39.4. The van der Waals surface area contributed by atoms with Gasteiger partial charge < -0.3 is 72.8 Å². The van der Waals surface area contributed by atoms with Crippen LogP contribution in [0.15, 0.2) is 36.0 Å². The second-order valence-corrected chi connectivity index (χ2v) is 31.5. The van der Waals surface area contributed by atoms with Crippen LogP contribution in [0.1, 0.15) is 188 Å². The van der Waals surface area contributed by atoms with Crippen molar-refractivity contribution in [3.05, 3.63) is 36.0 Å². The van der Waals surface area contributed by atoms with E-state index in [1.54, 1.807) is 110 Å². The number of amides is 4. The fourth-order valence-electron chi connectivity index (χ4n) is 15.1. The first kappa shape index (κ1) is 88.4. The molecular formula is C77H126N4O21. The van der Waals surface area contributed by atoms with Gasteiger partial charge in [-0.3, -0.25) is 28.8 Å². The van der Waals surface area contributed by atoms with Gasteiger partial charge >= 0.3 is 23.9 Å². The summed E-state index contributed by atoms with van der Waals surface area (Å²) in [6, 6.07) is -4.48. The zero-order valence-electron chi connectivity index (χ0n) is 65.3. The van der Waals surface area contributed by atoms with Gasteiger partial charge in [0.2, 0.25) is 5.79 Å². The highest BCUT2D eigenvalue weighted by Crippen LogP contribution is 2.40. The number of rotatable bonds is 13. The summed E-state index contributed by atoms with van der Waals surface area (Å²) in [5, 5.41) is 34.1. The Morgan fingerprint density at radius 1 is 0.598 bits per heavy atom. The van der Waals surface area contributed by atoms with E-state index < -0.39 is 191 Å². The van der Waals surface area contributed by atoms with Crippen LogP contribution in [0.5, 0.6) is 0 Å². The van der Waals surface area contributed by atoms with E-state index in [9.17, 15) is 63.3 Å². The molecule has 25 nitrogen and oxygen atoms in total. The molecule has 4 aliphatic heterocycles. The molecule has 1 saturated carbocycles. The van der Waals surface area contributed by atoms with Crippen LogP contribution in [0.4, 0.5) is 0 Å². The number of aliphatic hydroxyl groups is 3. The second-order valence-electron chi connectivity index (χ2n) is 31.5. The highest BCUT2D eigenvalue weighted by atomic mass is 16.7. The maximum absolute atomic E-state index is 14.3. The number of likely N-dealkylation sites (N-methyl/N-ethyl adjacent to an activating group) is 3. The monoisotopic (exact) mass is 1440 g/mol. The van der Waals surface area contributed by atoms with Crippen molar-refractivity contribution < 1.29 is 101 Å². The molecular weight excluding hydrogens is 1320 g/mol. The molecule has 1 aliphatic carbocycles. The number of fused-ring (bicyclic) bond motifs is 3. The Morgan fingerprint density at radius 3 is 1.47 bits per heavy atom. The number of cyclic esters (lactones) is 4. The van der Waals surface area contributed by atoms with E-state index >= 15 is 0 Å². The van der Waals surface area contributed by atoms with Gasteiger partial charge in [-0.2, -0.15) is 0 Å². The Bertz CT molecular complexity index is 2810. The molecule has 20 atom stereocenters. The van der Waals surface area contributed by atoms with E-state index in [1.165, 1.54) is 55.0 Å². The molecule has 2 bridgehead atoms. The lowest BCUT2D eigenvalue weighted by Crippen LogP contribution is -2.64. The number of ether oxygens (including phenoxy) is 8. The number of ketones is 2. The molecule has 3 N–H and O–H groups in total. The lowest BCUT2D eigenvalue weighted by molar-refractivity contribution is -0.302. The molecule has 4 heterocycles. The standard InChI is InChI=1S/C44H69NO12.C33H57N3O9/c1-10-13-31-19-25(2)18-26(3)20-37(54-8)40-38(55-9)22-28(5)44(52,57-40)41(49)42(50)45-17-12-11-14-32(45)43(51)56-39(29(6)34(47)24-35(31)48)27(4)21-30-15-16-33(46)36(23-30)53-7;1-16(2)22-31(40)43-26(20(9)10)29(38)35(14)24(18(5)6)33(42)45-27(21(11)12)30(39)36(15)23(17(3)4)32(41)44-25(19(7)8)28(37)34(22)13/h10,19,21,26,28-34,36-40,46-47,52H,1,11-18,20,22-24H2,2-9H3;16-27H,1-15H3/b25-19+,27-21+;/t26-,28+,29+,30-,31+,32-,33+,34-,36+,37-,38-,39+,40+,44+;22-,23-,24-,25+,26+,27+/m00/s1. The van der Waals surface area contributed by atoms with E-state index in [0.717, 1.165) is 5.57 Å². The predicted octanol–water partition coefficient (Wildman–Crippen LogP) is 7.79. The van der Waals surface area contributed by atoms with E-state index in [4.69, 9.17) is 37.9 Å². The minimum Gasteiger partial charge on any atom is -0.456 e. The van der Waals surface area contributed by atoms with Gasteiger partial charge in [-0.1, -0.05) is 128 Å². The smallest absolute Gasteiger partial charge is 0.329 e. The van der Waals surface area contributed by atoms with Crippen LogP contribution in [-0.2, 0) is 85.8 Å². The van der Waals surface area contributed by atoms with Crippen LogP contribution in [0.25, 0.3) is 0 Å². The van der Waals surface area contributed by atoms with Crippen molar-refractivity contribution in [2.24, 2.45) is 65.1 Å². The first-order valence-corrected chi connectivity index (χ1v) is 36.9. The van der Waals surface area contributed by atoms with Crippen LogP contribution < -0.4 is 0 Å². The van der Waals surface area contributed by atoms with Crippen LogP contribution in [-0.4, -0.2) is 234 Å². The summed E-state index contributed by atoms with van der Waals surface area (Å²) in [6.45, 7) is 33.8. The van der Waals surface area contributed by atoms with Crippen LogP contribution in [0.2, 0.25) is 0 Å². The summed E-state index contributed by atoms with van der Waals surface area (Å²) in [7, 11) is 8.91. The lowest BCUT2D eigenvalue weighted by atomic mass is 9.81. The van der Waals surface area contributed by atoms with Gasteiger partial charge in [0.15, 0.2) is 18.3 Å². The highest BCUT2D eigenvalue weighted by molar-refractivity contribution is 6.39. The molecule has 0 spiro atoms. The molecule has 0 aromatic rings. The number of Topliss-reactive ketones (excluding diaryl/α,β-unsaturated/α-hetero) is 2. The number of carbonyl (C=O) groups is 10. The average Bonchev–Trinajstić information content (AvgIpc) is 0.777. The number of nitrogens with zero attached hydrogens (tertiary/aromatic N) is 4. The molecule has 102 heavy (non-hydrogen) atoms. The maximum Gasteiger partial charge on any atom is 0.329 e. The summed E-state index contributed by atoms with van der Waals surface area (Å²) in [4.78, 5) is 144. The first-order chi connectivity index (χ1) is 47.6. The summed E-state index contributed by atoms with van der Waals surface area (Å²) in [6.07, 6.45) is 1.10. The van der Waals surface area contributed by atoms with Gasteiger partial charge in [-0.05, 0) is 131 Å². The van der Waals surface area contributed by atoms with Gasteiger partial charge in [-0.15, -0.1) is 6.58 Å². The molecule has 5 rings (SSSR count). The Hall–Kier alpha value is -5.96. The fraction of sp³-hybridized carbons (Fsp3) is 0.792. The number of hydrogen-bond acceptors (Lipinski definition) is 21. The zero-order valence-corrected chi connectivity index (χ0v) is 65.3. The molecule has 25 heteroatoms. The first-order valence-electron chi connectivity index (χ1n) is 36.9. The van der Waals surface area contributed by atoms with Gasteiger partial charge in [0.25, 0.3) is 29.4 Å². The van der Waals surface area contributed by atoms with Crippen LogP contribution in [0, 0.1) is 65.1 Å². The molecule has 580 valence electrons. The van der Waals surface area contributed by atoms with Crippen LogP contribution >= 0.6 is 0 Å². The minimum absolute atomic E-state index is 0.00988. The Balaban J connectivity index is 0.000000446. The topological polar surface area (TPSA) is 318 Å². The quantitative estimate of drug-likeness (QED) is 0.0685. The minimum atomic E-state index is -2.51. The number of piperidine rings is 1. The molecule has 0 radical (unpaired) electrons. The van der Waals surface area contributed by atoms with Gasteiger partial charge in [-0.25, -0.2) is 19.2 Å². The van der Waals surface area contributed by atoms with E-state index in [1.807, 2.05) is 32.9 Å². The third-order valence-corrected chi connectivity index (χ3v) is 21.1. The fourth-order valence-corrected chi connectivity index (χ4v) is 15.1. The normalized spacial score (nSPS) is 35.0. The SMILES string of the molecule is C=CC[C@@H]1/C=C(\C)C[C@H](C)C[C@H](OC)[C@H]2O[C@@](O)(C(=O)C(=O)N3CCCC[C@H]3C(=O)O[C@H](/C(C)=C/[C@@H]3CC[C@@H](O)[C@H](OC)C3)[C@H](C)[C@@H](O)CC1=O)[C@H](C)C[C@@H]2OC.CC(C)[C@H]1C(=O)O[C@H](C(C)C)C(=O)N(C)[C@@H](C(C)C)C(=O)O[C@H](C(C)C)C(=O)N(C)[C@@H](C(C)C)C(=O)O[C@H](C(C)C)C(=O)N1C. The summed E-state index contributed by atoms with van der Waals surface area (Å²) < 4.78 is 47.2. The molecule has 0 aromatic heterocycles. The Kier molecular flexibility index (Phi) is 34.2. The zero-order chi connectivity index (χ0) is 77.4. The van der Waals surface area contributed by atoms with Gasteiger partial charge in [0, 0.05) is 73.2 Å². The average molecular weight is 1440 g/mol. The Labute approximate surface area is 606 Å². The van der Waals surface area contributed by atoms with Crippen molar-refractivity contribution >= 4 is 59.1 Å². The van der Waals surface area contributed by atoms with Crippen molar-refractivity contribution in [2.75, 3.05) is 49.0 Å². The van der Waals surface area contributed by atoms with Gasteiger partial charge in [0.1, 0.15) is 42.2 Å². The van der Waals surface area contributed by atoms with Crippen molar-refractivity contribution in [2.45, 2.75) is 279 Å². The van der Waals surface area contributed by atoms with Crippen molar-refractivity contribution in [3.8, 4) is 0 Å². The summed E-state index contributed by atoms with van der Waals surface area (Å²) in [5.74, 6) is -14.8. The Morgan fingerprint density at radius 2 is 1.05 bits per heavy atom. The largest absolute Gasteiger partial charge is 0.456 e. The van der Waals surface area contributed by atoms with Crippen molar-refractivity contribution in [1.29, 1.82) is 0 Å². The van der Waals surface area contributed by atoms with Crippen molar-refractivity contribution in [3.63, 3.8) is 0 Å². The number of allylic oxidation sites excluding steroid dienone is 4. The third-order valence-electron chi connectivity index (χ3n) is 21.1. The predicted molar refractivity (Wildman–Crippen MR) is 381 cm³/mol. The highest BCUT2D eigenvalue weighted by Gasteiger charge is 2.57. The number of carbonyl (C=O) groups excluding carboxylic acids is 10. The van der Waals surface area contributed by atoms with E-state index in [0.29, 0.717) is 56.9 Å². The molecule has 0 unspecified atom stereocenters. The molecule has 5 aliphatic rings. The summed E-state index contributed by atoms with van der Waals surface area (Å²) in [5.41, 5.74) is 1.61. The van der Waals surface area contributed by atoms with Gasteiger partial charge in [0.05, 0.1) is 30.5 Å². The molecule has 0 aromatic carbocycles.